The van der Waals surface area contributed by atoms with Gasteiger partial charge in [0.05, 0.1) is 12.3 Å². The first kappa shape index (κ1) is 17.3. The molecule has 1 N–H and O–H groups in total. The van der Waals surface area contributed by atoms with E-state index in [1.807, 2.05) is 36.1 Å². The van der Waals surface area contributed by atoms with Crippen LogP contribution in [0.15, 0.2) is 30.6 Å². The molecule has 0 bridgehead atoms. The monoisotopic (exact) mass is 343 g/mol. The maximum absolute atomic E-state index is 12.6. The number of carbonyl (C=O) groups excluding carboxylic acids is 1. The highest BCUT2D eigenvalue weighted by Gasteiger charge is 2.28. The summed E-state index contributed by atoms with van der Waals surface area (Å²) in [5.41, 5.74) is 0.712. The molecule has 0 aliphatic carbocycles. The van der Waals surface area contributed by atoms with Crippen molar-refractivity contribution >= 4 is 11.7 Å². The van der Waals surface area contributed by atoms with Gasteiger partial charge in [0.25, 0.3) is 0 Å². The number of likely N-dealkylation sites (tertiary alicyclic amines) is 1. The highest BCUT2D eigenvalue weighted by atomic mass is 16.5. The van der Waals surface area contributed by atoms with Crippen molar-refractivity contribution in [3.05, 3.63) is 36.4 Å². The zero-order valence-electron chi connectivity index (χ0n) is 14.8. The molecule has 7 heteroatoms. The molecule has 0 spiro atoms. The van der Waals surface area contributed by atoms with Gasteiger partial charge in [-0.05, 0) is 38.3 Å². The Bertz CT molecular complexity index is 715. The van der Waals surface area contributed by atoms with Gasteiger partial charge in [0.1, 0.15) is 17.9 Å². The smallest absolute Gasteiger partial charge is 0.321 e. The fourth-order valence-electron chi connectivity index (χ4n) is 3.19. The van der Waals surface area contributed by atoms with Gasteiger partial charge in [0.2, 0.25) is 0 Å². The average molecular weight is 343 g/mol. The Morgan fingerprint density at radius 3 is 3.00 bits per heavy atom. The molecule has 1 unspecified atom stereocenters. The summed E-state index contributed by atoms with van der Waals surface area (Å²) in [4.78, 5) is 14.4. The molecule has 25 heavy (non-hydrogen) atoms. The number of rotatable bonds is 6. The third kappa shape index (κ3) is 4.10. The molecule has 1 aromatic heterocycles. The Balaban J connectivity index is 1.58. The van der Waals surface area contributed by atoms with Crippen molar-refractivity contribution < 1.29 is 9.53 Å². The lowest BCUT2D eigenvalue weighted by atomic mass is 10.0. The molecule has 1 fully saturated rings. The molecule has 2 heterocycles. The van der Waals surface area contributed by atoms with Crippen LogP contribution in [0.3, 0.4) is 0 Å². The van der Waals surface area contributed by atoms with E-state index in [1.165, 1.54) is 0 Å². The van der Waals surface area contributed by atoms with Crippen LogP contribution in [0.25, 0.3) is 0 Å². The lowest BCUT2D eigenvalue weighted by Crippen LogP contribution is -2.33. The molecule has 0 saturated carbocycles. The van der Waals surface area contributed by atoms with Crippen molar-refractivity contribution in [3.63, 3.8) is 0 Å². The zero-order valence-corrected chi connectivity index (χ0v) is 14.8. The molecule has 2 amide bonds. The minimum Gasteiger partial charge on any atom is -0.492 e. The standard InChI is InChI=1S/C18H25N5O2/c1-3-22-13-19-21-17(22)11-14-9-10-23(12-14)18(24)20-15-7-5-6-8-16(15)25-4-2/h5-8,13-14H,3-4,9-12H2,1-2H3,(H,20,24). The fourth-order valence-corrected chi connectivity index (χ4v) is 3.19. The third-order valence-electron chi connectivity index (χ3n) is 4.51. The molecule has 0 radical (unpaired) electrons. The Morgan fingerprint density at radius 1 is 1.36 bits per heavy atom. The van der Waals surface area contributed by atoms with Crippen molar-refractivity contribution in [1.82, 2.24) is 19.7 Å². The van der Waals surface area contributed by atoms with E-state index in [9.17, 15) is 4.79 Å². The van der Waals surface area contributed by atoms with Gasteiger partial charge in [-0.25, -0.2) is 4.79 Å². The SMILES string of the molecule is CCOc1ccccc1NC(=O)N1CCC(Cc2nncn2CC)C1. The number of benzene rings is 1. The molecular weight excluding hydrogens is 318 g/mol. The van der Waals surface area contributed by atoms with Gasteiger partial charge in [0, 0.05) is 26.1 Å². The molecular formula is C18H25N5O2. The summed E-state index contributed by atoms with van der Waals surface area (Å²) >= 11 is 0. The van der Waals surface area contributed by atoms with Crippen LogP contribution in [0, 0.1) is 5.92 Å². The van der Waals surface area contributed by atoms with Crippen molar-refractivity contribution in [2.45, 2.75) is 33.2 Å². The highest BCUT2D eigenvalue weighted by molar-refractivity contribution is 5.91. The van der Waals surface area contributed by atoms with E-state index in [1.54, 1.807) is 6.33 Å². The summed E-state index contributed by atoms with van der Waals surface area (Å²) in [7, 11) is 0. The van der Waals surface area contributed by atoms with Gasteiger partial charge in [-0.3, -0.25) is 0 Å². The number of nitrogens with one attached hydrogen (secondary N) is 1. The third-order valence-corrected chi connectivity index (χ3v) is 4.51. The Morgan fingerprint density at radius 2 is 2.20 bits per heavy atom. The maximum Gasteiger partial charge on any atom is 0.321 e. The molecule has 1 aliphatic rings. The second-order valence-corrected chi connectivity index (χ2v) is 6.20. The van der Waals surface area contributed by atoms with Crippen LogP contribution in [0.5, 0.6) is 5.75 Å². The zero-order chi connectivity index (χ0) is 17.6. The first-order valence-electron chi connectivity index (χ1n) is 8.85. The number of hydrogen-bond donors (Lipinski definition) is 1. The van der Waals surface area contributed by atoms with Crippen LogP contribution in [0.1, 0.15) is 26.1 Å². The van der Waals surface area contributed by atoms with Gasteiger partial charge < -0.3 is 19.5 Å². The van der Waals surface area contributed by atoms with Crippen LogP contribution >= 0.6 is 0 Å². The van der Waals surface area contributed by atoms with Crippen LogP contribution in [0.4, 0.5) is 10.5 Å². The predicted octanol–water partition coefficient (Wildman–Crippen LogP) is 2.79. The number of anilines is 1. The molecule has 3 rings (SSSR count). The average Bonchev–Trinajstić information content (AvgIpc) is 3.26. The quantitative estimate of drug-likeness (QED) is 0.875. The molecule has 1 aromatic carbocycles. The number of hydrogen-bond acceptors (Lipinski definition) is 4. The number of amides is 2. The van der Waals surface area contributed by atoms with E-state index >= 15 is 0 Å². The summed E-state index contributed by atoms with van der Waals surface area (Å²) in [6, 6.07) is 7.44. The molecule has 1 atom stereocenters. The number of aromatic nitrogens is 3. The first-order valence-corrected chi connectivity index (χ1v) is 8.85. The van der Waals surface area contributed by atoms with Gasteiger partial charge in [-0.1, -0.05) is 12.1 Å². The summed E-state index contributed by atoms with van der Waals surface area (Å²) < 4.78 is 7.62. The topological polar surface area (TPSA) is 72.3 Å². The minimum absolute atomic E-state index is 0.0772. The van der Waals surface area contributed by atoms with E-state index < -0.39 is 0 Å². The van der Waals surface area contributed by atoms with Crippen molar-refractivity contribution in [3.8, 4) is 5.75 Å². The lowest BCUT2D eigenvalue weighted by Gasteiger charge is -2.19. The van der Waals surface area contributed by atoms with E-state index in [0.29, 0.717) is 24.0 Å². The van der Waals surface area contributed by atoms with Crippen LogP contribution in [0.2, 0.25) is 0 Å². The number of carbonyl (C=O) groups is 1. The van der Waals surface area contributed by atoms with E-state index in [2.05, 4.69) is 27.0 Å². The van der Waals surface area contributed by atoms with Crippen LogP contribution in [-0.4, -0.2) is 45.4 Å². The van der Waals surface area contributed by atoms with E-state index in [4.69, 9.17) is 4.74 Å². The van der Waals surface area contributed by atoms with E-state index in [-0.39, 0.29) is 6.03 Å². The highest BCUT2D eigenvalue weighted by Crippen LogP contribution is 2.26. The Hall–Kier alpha value is -2.57. The van der Waals surface area contributed by atoms with Gasteiger partial charge in [-0.2, -0.15) is 0 Å². The normalized spacial score (nSPS) is 16.9. The fraction of sp³-hybridized carbons (Fsp3) is 0.500. The molecule has 7 nitrogen and oxygen atoms in total. The molecule has 1 saturated heterocycles. The van der Waals surface area contributed by atoms with E-state index in [0.717, 1.165) is 38.3 Å². The lowest BCUT2D eigenvalue weighted by molar-refractivity contribution is 0.220. The number of aryl methyl sites for hydroxylation is 1. The largest absolute Gasteiger partial charge is 0.492 e. The Kier molecular flexibility index (Phi) is 5.53. The van der Waals surface area contributed by atoms with Gasteiger partial charge in [-0.15, -0.1) is 10.2 Å². The van der Waals surface area contributed by atoms with Crippen molar-refractivity contribution in [2.24, 2.45) is 5.92 Å². The number of para-hydroxylation sites is 2. The minimum atomic E-state index is -0.0772. The summed E-state index contributed by atoms with van der Waals surface area (Å²) in [5, 5.41) is 11.1. The second kappa shape index (κ2) is 8.00. The Labute approximate surface area is 148 Å². The van der Waals surface area contributed by atoms with Gasteiger partial charge in [0.15, 0.2) is 0 Å². The summed E-state index contributed by atoms with van der Waals surface area (Å²) in [6.45, 7) is 6.94. The number of ether oxygens (including phenoxy) is 1. The number of urea groups is 1. The second-order valence-electron chi connectivity index (χ2n) is 6.20. The number of nitrogens with zero attached hydrogens (tertiary/aromatic N) is 4. The van der Waals surface area contributed by atoms with Crippen molar-refractivity contribution in [1.29, 1.82) is 0 Å². The molecule has 2 aromatic rings. The predicted molar refractivity (Wildman–Crippen MR) is 95.7 cm³/mol. The maximum atomic E-state index is 12.6. The van der Waals surface area contributed by atoms with Crippen LogP contribution < -0.4 is 10.1 Å². The molecule has 1 aliphatic heterocycles. The molecule has 134 valence electrons. The summed E-state index contributed by atoms with van der Waals surface area (Å²) in [6.07, 6.45) is 3.60. The van der Waals surface area contributed by atoms with Crippen molar-refractivity contribution in [2.75, 3.05) is 25.0 Å². The first-order chi connectivity index (χ1) is 12.2. The van der Waals surface area contributed by atoms with Crippen LogP contribution in [-0.2, 0) is 13.0 Å². The van der Waals surface area contributed by atoms with Gasteiger partial charge >= 0.3 is 6.03 Å². The summed E-state index contributed by atoms with van der Waals surface area (Å²) in [5.74, 6) is 2.11.